The largest absolute Gasteiger partial charge is 0.380 e. The third-order valence-corrected chi connectivity index (χ3v) is 2.65. The van der Waals surface area contributed by atoms with Gasteiger partial charge >= 0.3 is 0 Å². The number of nitrogens with zero attached hydrogens (tertiary/aromatic N) is 1. The molecule has 1 aromatic heterocycles. The van der Waals surface area contributed by atoms with Gasteiger partial charge < -0.3 is 5.32 Å². The van der Waals surface area contributed by atoms with Gasteiger partial charge in [0.25, 0.3) is 0 Å². The first-order chi connectivity index (χ1) is 8.15. The number of hydrogen-bond donors (Lipinski definition) is 1. The molecule has 0 aliphatic heterocycles. The molecule has 4 heteroatoms. The molecule has 1 N–H and O–H groups in total. The average molecular weight is 251 g/mol. The van der Waals surface area contributed by atoms with Crippen molar-refractivity contribution in [1.82, 2.24) is 4.98 Å². The minimum Gasteiger partial charge on any atom is -0.380 e. The van der Waals surface area contributed by atoms with Crippen molar-refractivity contribution in [2.24, 2.45) is 0 Å². The van der Waals surface area contributed by atoms with Gasteiger partial charge in [-0.05, 0) is 36.2 Å². The molecule has 2 rings (SSSR count). The molecule has 0 saturated carbocycles. The van der Waals surface area contributed by atoms with E-state index in [1.54, 1.807) is 24.5 Å². The van der Waals surface area contributed by atoms with Crippen molar-refractivity contribution in [2.45, 2.75) is 13.5 Å². The second-order valence-electron chi connectivity index (χ2n) is 3.85. The first kappa shape index (κ1) is 11.9. The number of halogens is 2. The van der Waals surface area contributed by atoms with Crippen LogP contribution >= 0.6 is 11.6 Å². The summed E-state index contributed by atoms with van der Waals surface area (Å²) in [5.41, 5.74) is 2.95. The van der Waals surface area contributed by atoms with Crippen molar-refractivity contribution < 1.29 is 4.39 Å². The second kappa shape index (κ2) is 5.15. The summed E-state index contributed by atoms with van der Waals surface area (Å²) in [7, 11) is 0. The summed E-state index contributed by atoms with van der Waals surface area (Å²) in [6, 6.07) is 6.69. The van der Waals surface area contributed by atoms with Crippen molar-refractivity contribution in [3.8, 4) is 0 Å². The fraction of sp³-hybridized carbons (Fsp3) is 0.154. The highest BCUT2D eigenvalue weighted by molar-refractivity contribution is 6.30. The number of hydrogen-bond acceptors (Lipinski definition) is 2. The van der Waals surface area contributed by atoms with Crippen molar-refractivity contribution in [3.05, 3.63) is 58.6 Å². The smallest absolute Gasteiger partial charge is 0.141 e. The Hall–Kier alpha value is -1.61. The molecule has 0 radical (unpaired) electrons. The highest BCUT2D eigenvalue weighted by atomic mass is 35.5. The summed E-state index contributed by atoms with van der Waals surface area (Å²) in [6.07, 6.45) is 3.54. The van der Waals surface area contributed by atoms with Crippen LogP contribution in [0.25, 0.3) is 0 Å². The minimum absolute atomic E-state index is 0.145. The molecule has 88 valence electrons. The van der Waals surface area contributed by atoms with Crippen LogP contribution in [0.5, 0.6) is 0 Å². The van der Waals surface area contributed by atoms with E-state index < -0.39 is 5.82 Å². The van der Waals surface area contributed by atoms with Crippen LogP contribution < -0.4 is 5.32 Å². The number of pyridine rings is 1. The molecule has 0 saturated heterocycles. The fourth-order valence-electron chi connectivity index (χ4n) is 1.51. The maximum atomic E-state index is 13.0. The van der Waals surface area contributed by atoms with Crippen LogP contribution in [0.4, 0.5) is 10.1 Å². The highest BCUT2D eigenvalue weighted by Crippen LogP contribution is 2.17. The number of nitrogens with one attached hydrogen (secondary N) is 1. The first-order valence-electron chi connectivity index (χ1n) is 5.24. The molecule has 1 aromatic carbocycles. The van der Waals surface area contributed by atoms with Gasteiger partial charge in [0.1, 0.15) is 5.82 Å². The Morgan fingerprint density at radius 3 is 2.82 bits per heavy atom. The quantitative estimate of drug-likeness (QED) is 0.896. The van der Waals surface area contributed by atoms with E-state index in [1.807, 2.05) is 13.0 Å². The third kappa shape index (κ3) is 3.17. The molecule has 0 unspecified atom stereocenters. The Labute approximate surface area is 104 Å². The van der Waals surface area contributed by atoms with E-state index in [0.29, 0.717) is 6.54 Å². The summed E-state index contributed by atoms with van der Waals surface area (Å²) in [5, 5.41) is 3.35. The maximum Gasteiger partial charge on any atom is 0.141 e. The molecule has 0 atom stereocenters. The number of rotatable bonds is 3. The van der Waals surface area contributed by atoms with E-state index >= 15 is 0 Å². The molecular weight excluding hydrogens is 239 g/mol. The number of benzene rings is 1. The summed E-state index contributed by atoms with van der Waals surface area (Å²) < 4.78 is 13.0. The fourth-order valence-corrected chi connectivity index (χ4v) is 1.71. The molecule has 0 amide bonds. The summed E-state index contributed by atoms with van der Waals surface area (Å²) in [5.74, 6) is -0.396. The van der Waals surface area contributed by atoms with Gasteiger partial charge in [0.15, 0.2) is 0 Å². The number of aromatic nitrogens is 1. The van der Waals surface area contributed by atoms with Crippen LogP contribution in [0, 0.1) is 12.7 Å². The average Bonchev–Trinajstić information content (AvgIpc) is 2.31. The Morgan fingerprint density at radius 1 is 1.29 bits per heavy atom. The lowest BCUT2D eigenvalue weighted by Crippen LogP contribution is -2.00. The van der Waals surface area contributed by atoms with Gasteiger partial charge in [-0.3, -0.25) is 4.98 Å². The lowest BCUT2D eigenvalue weighted by atomic mass is 10.2. The normalized spacial score (nSPS) is 10.3. The van der Waals surface area contributed by atoms with E-state index in [4.69, 9.17) is 11.6 Å². The highest BCUT2D eigenvalue weighted by Gasteiger charge is 2.01. The van der Waals surface area contributed by atoms with E-state index in [9.17, 15) is 4.39 Å². The molecule has 0 bridgehead atoms. The van der Waals surface area contributed by atoms with Crippen LogP contribution in [-0.2, 0) is 6.54 Å². The summed E-state index contributed by atoms with van der Waals surface area (Å²) in [4.78, 5) is 4.08. The third-order valence-electron chi connectivity index (χ3n) is 2.36. The second-order valence-corrected chi connectivity index (χ2v) is 4.26. The van der Waals surface area contributed by atoms with Crippen LogP contribution in [0.2, 0.25) is 5.02 Å². The van der Waals surface area contributed by atoms with Crippen molar-refractivity contribution >= 4 is 17.3 Å². The van der Waals surface area contributed by atoms with Gasteiger partial charge in [0, 0.05) is 18.9 Å². The molecule has 1 heterocycles. The molecule has 0 aliphatic rings. The molecular formula is C13H12ClFN2. The molecule has 2 nitrogen and oxygen atoms in total. The van der Waals surface area contributed by atoms with Crippen molar-refractivity contribution in [3.63, 3.8) is 0 Å². The zero-order valence-corrected chi connectivity index (χ0v) is 10.1. The zero-order chi connectivity index (χ0) is 12.3. The van der Waals surface area contributed by atoms with Crippen molar-refractivity contribution in [2.75, 3.05) is 5.32 Å². The molecule has 2 aromatic rings. The Morgan fingerprint density at radius 2 is 2.12 bits per heavy atom. The van der Waals surface area contributed by atoms with Gasteiger partial charge in [-0.25, -0.2) is 4.39 Å². The van der Waals surface area contributed by atoms with Gasteiger partial charge in [-0.1, -0.05) is 17.7 Å². The van der Waals surface area contributed by atoms with Crippen LogP contribution in [0.3, 0.4) is 0 Å². The van der Waals surface area contributed by atoms with E-state index in [0.717, 1.165) is 16.8 Å². The standard InChI is InChI=1S/C13H12ClFN2/c1-9-4-11(8-16-6-9)17-7-10-2-3-13(15)12(14)5-10/h2-6,8,17H,7H2,1H3. The van der Waals surface area contributed by atoms with Crippen LogP contribution in [0.1, 0.15) is 11.1 Å². The molecule has 17 heavy (non-hydrogen) atoms. The molecule has 0 fully saturated rings. The van der Waals surface area contributed by atoms with Crippen LogP contribution in [0.15, 0.2) is 36.7 Å². The topological polar surface area (TPSA) is 24.9 Å². The van der Waals surface area contributed by atoms with Gasteiger partial charge in [-0.2, -0.15) is 0 Å². The van der Waals surface area contributed by atoms with E-state index in [-0.39, 0.29) is 5.02 Å². The predicted octanol–water partition coefficient (Wildman–Crippen LogP) is 3.79. The summed E-state index contributed by atoms with van der Waals surface area (Å²) >= 11 is 5.71. The zero-order valence-electron chi connectivity index (χ0n) is 9.37. The number of aryl methyl sites for hydroxylation is 1. The lowest BCUT2D eigenvalue weighted by Gasteiger charge is -2.07. The monoisotopic (exact) mass is 250 g/mol. The van der Waals surface area contributed by atoms with Gasteiger partial charge in [0.2, 0.25) is 0 Å². The Kier molecular flexibility index (Phi) is 3.59. The molecule has 0 spiro atoms. The lowest BCUT2D eigenvalue weighted by molar-refractivity contribution is 0.627. The number of anilines is 1. The van der Waals surface area contributed by atoms with E-state index in [2.05, 4.69) is 10.3 Å². The minimum atomic E-state index is -0.396. The maximum absolute atomic E-state index is 13.0. The SMILES string of the molecule is Cc1cncc(NCc2ccc(F)c(Cl)c2)c1. The van der Waals surface area contributed by atoms with Crippen LogP contribution in [-0.4, -0.2) is 4.98 Å². The Balaban J connectivity index is 2.05. The predicted molar refractivity (Wildman–Crippen MR) is 67.7 cm³/mol. The van der Waals surface area contributed by atoms with E-state index in [1.165, 1.54) is 6.07 Å². The van der Waals surface area contributed by atoms with Gasteiger partial charge in [-0.15, -0.1) is 0 Å². The first-order valence-corrected chi connectivity index (χ1v) is 5.62. The van der Waals surface area contributed by atoms with Crippen molar-refractivity contribution in [1.29, 1.82) is 0 Å². The molecule has 0 aliphatic carbocycles. The summed E-state index contributed by atoms with van der Waals surface area (Å²) in [6.45, 7) is 2.57. The van der Waals surface area contributed by atoms with Gasteiger partial charge in [0.05, 0.1) is 10.7 Å². The Bertz CT molecular complexity index is 529.